The van der Waals surface area contributed by atoms with Crippen LogP contribution in [0.2, 0.25) is 0 Å². The minimum absolute atomic E-state index is 0.0725. The summed E-state index contributed by atoms with van der Waals surface area (Å²) in [6, 6.07) is 1.66. The van der Waals surface area contributed by atoms with Crippen molar-refractivity contribution >= 4 is 0 Å². The second kappa shape index (κ2) is 5.87. The molecular formula is C15H22FNO3. The number of phenolic OH excluding ortho intramolecular Hbond substituents is 1. The Kier molecular flexibility index (Phi) is 4.38. The highest BCUT2D eigenvalue weighted by Crippen LogP contribution is 2.47. The highest BCUT2D eigenvalue weighted by molar-refractivity contribution is 5.54. The van der Waals surface area contributed by atoms with Crippen LogP contribution in [-0.2, 0) is 5.41 Å². The average Bonchev–Trinajstić information content (AvgIpc) is 2.50. The first-order chi connectivity index (χ1) is 9.59. The number of methoxy groups -OCH3 is 2. The third-order valence-electron chi connectivity index (χ3n) is 4.36. The minimum atomic E-state index is -0.778. The van der Waals surface area contributed by atoms with E-state index in [0.717, 1.165) is 32.1 Å². The molecule has 1 aromatic carbocycles. The summed E-state index contributed by atoms with van der Waals surface area (Å²) >= 11 is 0. The summed E-state index contributed by atoms with van der Waals surface area (Å²) in [4.78, 5) is 0. The number of rotatable bonds is 4. The fourth-order valence-electron chi connectivity index (χ4n) is 3.16. The van der Waals surface area contributed by atoms with Gasteiger partial charge in [-0.15, -0.1) is 0 Å². The van der Waals surface area contributed by atoms with E-state index >= 15 is 0 Å². The lowest BCUT2D eigenvalue weighted by Crippen LogP contribution is -2.37. The number of ether oxygens (including phenoxy) is 2. The zero-order valence-electron chi connectivity index (χ0n) is 12.0. The van der Waals surface area contributed by atoms with E-state index in [1.807, 2.05) is 0 Å². The maximum Gasteiger partial charge on any atom is 0.210 e. The maximum absolute atomic E-state index is 14.3. The molecule has 5 heteroatoms. The third kappa shape index (κ3) is 2.30. The smallest absolute Gasteiger partial charge is 0.210 e. The highest BCUT2D eigenvalue weighted by Gasteiger charge is 2.37. The molecule has 1 aromatic rings. The van der Waals surface area contributed by atoms with Gasteiger partial charge in [0, 0.05) is 17.5 Å². The standard InChI is InChI=1S/C15H22FNO3/c1-19-11-8-10(13(18)12(16)14(11)20-2)15(9-17)6-4-3-5-7-15/h8,18H,3-7,9,17H2,1-2H3. The van der Waals surface area contributed by atoms with Crippen LogP contribution in [0, 0.1) is 5.82 Å². The molecule has 0 radical (unpaired) electrons. The topological polar surface area (TPSA) is 64.7 Å². The van der Waals surface area contributed by atoms with Gasteiger partial charge >= 0.3 is 0 Å². The first-order valence-corrected chi connectivity index (χ1v) is 6.93. The molecule has 1 saturated carbocycles. The molecule has 4 nitrogen and oxygen atoms in total. The number of benzene rings is 1. The molecule has 0 bridgehead atoms. The lowest BCUT2D eigenvalue weighted by atomic mass is 9.69. The van der Waals surface area contributed by atoms with E-state index in [0.29, 0.717) is 12.1 Å². The Hall–Kier alpha value is -1.49. The Labute approximate surface area is 118 Å². The van der Waals surface area contributed by atoms with Gasteiger partial charge in [-0.1, -0.05) is 19.3 Å². The van der Waals surface area contributed by atoms with Crippen molar-refractivity contribution in [1.29, 1.82) is 0 Å². The van der Waals surface area contributed by atoms with Crippen molar-refractivity contribution in [3.05, 3.63) is 17.4 Å². The van der Waals surface area contributed by atoms with E-state index < -0.39 is 5.82 Å². The predicted molar refractivity (Wildman–Crippen MR) is 75.0 cm³/mol. The SMILES string of the molecule is COc1cc(C2(CN)CCCCC2)c(O)c(F)c1OC. The molecule has 0 atom stereocenters. The summed E-state index contributed by atoms with van der Waals surface area (Å²) in [5.41, 5.74) is 6.11. The van der Waals surface area contributed by atoms with Gasteiger partial charge < -0.3 is 20.3 Å². The van der Waals surface area contributed by atoms with E-state index in [1.54, 1.807) is 6.07 Å². The van der Waals surface area contributed by atoms with Crippen LogP contribution in [0.25, 0.3) is 0 Å². The van der Waals surface area contributed by atoms with Crippen LogP contribution in [0.4, 0.5) is 4.39 Å². The molecule has 20 heavy (non-hydrogen) atoms. The van der Waals surface area contributed by atoms with Crippen LogP contribution in [0.3, 0.4) is 0 Å². The molecule has 112 valence electrons. The average molecular weight is 283 g/mol. The van der Waals surface area contributed by atoms with Crippen LogP contribution in [0.1, 0.15) is 37.7 Å². The Morgan fingerprint density at radius 3 is 2.40 bits per heavy atom. The zero-order valence-corrected chi connectivity index (χ0v) is 12.0. The van der Waals surface area contributed by atoms with Crippen molar-refractivity contribution in [3.63, 3.8) is 0 Å². The summed E-state index contributed by atoms with van der Waals surface area (Å²) in [6.07, 6.45) is 4.93. The van der Waals surface area contributed by atoms with Gasteiger partial charge in [0.1, 0.15) is 0 Å². The Balaban J connectivity index is 2.58. The number of aromatic hydroxyl groups is 1. The van der Waals surface area contributed by atoms with Gasteiger partial charge in [-0.05, 0) is 18.9 Å². The van der Waals surface area contributed by atoms with Gasteiger partial charge in [0.05, 0.1) is 14.2 Å². The molecule has 0 heterocycles. The second-order valence-corrected chi connectivity index (χ2v) is 5.37. The molecule has 0 amide bonds. The van der Waals surface area contributed by atoms with Gasteiger partial charge in [-0.25, -0.2) is 0 Å². The number of halogens is 1. The Morgan fingerprint density at radius 1 is 1.25 bits per heavy atom. The second-order valence-electron chi connectivity index (χ2n) is 5.37. The van der Waals surface area contributed by atoms with E-state index in [-0.39, 0.29) is 22.7 Å². The quantitative estimate of drug-likeness (QED) is 0.891. The monoisotopic (exact) mass is 283 g/mol. The Bertz CT molecular complexity index is 484. The molecular weight excluding hydrogens is 261 g/mol. The Morgan fingerprint density at radius 2 is 1.90 bits per heavy atom. The van der Waals surface area contributed by atoms with Crippen LogP contribution in [0.5, 0.6) is 17.2 Å². The van der Waals surface area contributed by atoms with Crippen molar-refractivity contribution in [2.75, 3.05) is 20.8 Å². The summed E-state index contributed by atoms with van der Waals surface area (Å²) in [7, 11) is 2.80. The van der Waals surface area contributed by atoms with Gasteiger partial charge in [0.2, 0.25) is 11.6 Å². The first kappa shape index (κ1) is 14.9. The lowest BCUT2D eigenvalue weighted by Gasteiger charge is -2.37. The van der Waals surface area contributed by atoms with Gasteiger partial charge in [0.25, 0.3) is 0 Å². The van der Waals surface area contributed by atoms with E-state index in [1.165, 1.54) is 14.2 Å². The third-order valence-corrected chi connectivity index (χ3v) is 4.36. The summed E-state index contributed by atoms with van der Waals surface area (Å²) < 4.78 is 24.4. The largest absolute Gasteiger partial charge is 0.505 e. The minimum Gasteiger partial charge on any atom is -0.505 e. The maximum atomic E-state index is 14.3. The first-order valence-electron chi connectivity index (χ1n) is 6.93. The van der Waals surface area contributed by atoms with Crippen molar-refractivity contribution in [2.24, 2.45) is 5.73 Å². The van der Waals surface area contributed by atoms with Crippen LogP contribution in [0.15, 0.2) is 6.07 Å². The molecule has 3 N–H and O–H groups in total. The molecule has 1 aliphatic carbocycles. The van der Waals surface area contributed by atoms with Crippen molar-refractivity contribution in [1.82, 2.24) is 0 Å². The van der Waals surface area contributed by atoms with Gasteiger partial charge in [-0.3, -0.25) is 0 Å². The normalized spacial score (nSPS) is 17.8. The summed E-state index contributed by atoms with van der Waals surface area (Å²) in [5, 5.41) is 10.2. The summed E-state index contributed by atoms with van der Waals surface area (Å²) in [5.74, 6) is -0.928. The molecule has 0 unspecified atom stereocenters. The molecule has 0 spiro atoms. The molecule has 1 aliphatic rings. The summed E-state index contributed by atoms with van der Waals surface area (Å²) in [6.45, 7) is 0.384. The lowest BCUT2D eigenvalue weighted by molar-refractivity contribution is 0.278. The number of phenols is 1. The zero-order chi connectivity index (χ0) is 14.8. The van der Waals surface area contributed by atoms with Crippen molar-refractivity contribution in [2.45, 2.75) is 37.5 Å². The van der Waals surface area contributed by atoms with E-state index in [2.05, 4.69) is 0 Å². The van der Waals surface area contributed by atoms with E-state index in [4.69, 9.17) is 15.2 Å². The van der Waals surface area contributed by atoms with Gasteiger partial charge in [-0.2, -0.15) is 4.39 Å². The number of nitrogens with two attached hydrogens (primary N) is 1. The highest BCUT2D eigenvalue weighted by atomic mass is 19.1. The fourth-order valence-corrected chi connectivity index (χ4v) is 3.16. The fraction of sp³-hybridized carbons (Fsp3) is 0.600. The predicted octanol–water partition coefficient (Wildman–Crippen LogP) is 2.71. The van der Waals surface area contributed by atoms with Crippen LogP contribution in [-0.4, -0.2) is 25.9 Å². The van der Waals surface area contributed by atoms with Crippen LogP contribution < -0.4 is 15.2 Å². The molecule has 0 saturated heterocycles. The van der Waals surface area contributed by atoms with Crippen molar-refractivity contribution < 1.29 is 19.0 Å². The molecule has 0 aliphatic heterocycles. The molecule has 2 rings (SSSR count). The number of hydrogen-bond acceptors (Lipinski definition) is 4. The molecule has 0 aromatic heterocycles. The number of hydrogen-bond donors (Lipinski definition) is 2. The molecule has 1 fully saturated rings. The van der Waals surface area contributed by atoms with Gasteiger partial charge in [0.15, 0.2) is 11.5 Å². The van der Waals surface area contributed by atoms with Crippen molar-refractivity contribution in [3.8, 4) is 17.2 Å². The van der Waals surface area contributed by atoms with Crippen LogP contribution >= 0.6 is 0 Å². The van der Waals surface area contributed by atoms with E-state index in [9.17, 15) is 9.50 Å².